The van der Waals surface area contributed by atoms with E-state index in [0.29, 0.717) is 0 Å². The van der Waals surface area contributed by atoms with E-state index in [1.165, 1.54) is 17.8 Å². The highest BCUT2D eigenvalue weighted by atomic mass is 16.5. The largest absolute Gasteiger partial charge is 0.504 e. The summed E-state index contributed by atoms with van der Waals surface area (Å²) in [5.74, 6) is -0.279. The van der Waals surface area contributed by atoms with Gasteiger partial charge in [0, 0.05) is 25.0 Å². The van der Waals surface area contributed by atoms with Gasteiger partial charge in [0.2, 0.25) is 0 Å². The monoisotopic (exact) mass is 298 g/mol. The Bertz CT molecular complexity index is 662. The zero-order chi connectivity index (χ0) is 15.4. The standard InChI is InChI=1S/C17H18N2O3/c20-16-6-1-13(11-17(16)21)12-18-14-2-4-15(5-3-14)19-7-9-22-10-8-19/h1-6,11-12,20-21H,7-10H2. The molecule has 0 amide bonds. The Balaban J connectivity index is 1.69. The van der Waals surface area contributed by atoms with Gasteiger partial charge in [-0.05, 0) is 48.0 Å². The van der Waals surface area contributed by atoms with Gasteiger partial charge in [-0.3, -0.25) is 4.99 Å². The average Bonchev–Trinajstić information content (AvgIpc) is 2.57. The van der Waals surface area contributed by atoms with Gasteiger partial charge < -0.3 is 19.8 Å². The molecule has 3 rings (SSSR count). The maximum Gasteiger partial charge on any atom is 0.158 e. The molecule has 114 valence electrons. The smallest absolute Gasteiger partial charge is 0.158 e. The van der Waals surface area contributed by atoms with Crippen LogP contribution >= 0.6 is 0 Å². The lowest BCUT2D eigenvalue weighted by Gasteiger charge is -2.28. The number of hydrogen-bond acceptors (Lipinski definition) is 5. The van der Waals surface area contributed by atoms with Crippen LogP contribution in [-0.4, -0.2) is 42.7 Å². The van der Waals surface area contributed by atoms with Gasteiger partial charge in [0.15, 0.2) is 11.5 Å². The first-order valence-electron chi connectivity index (χ1n) is 7.21. The van der Waals surface area contributed by atoms with E-state index in [-0.39, 0.29) is 11.5 Å². The van der Waals surface area contributed by atoms with Crippen molar-refractivity contribution in [1.82, 2.24) is 0 Å². The fourth-order valence-electron chi connectivity index (χ4n) is 2.34. The van der Waals surface area contributed by atoms with Crippen LogP contribution in [0.5, 0.6) is 11.5 Å². The van der Waals surface area contributed by atoms with Crippen molar-refractivity contribution >= 4 is 17.6 Å². The van der Waals surface area contributed by atoms with Crippen molar-refractivity contribution < 1.29 is 14.9 Å². The molecule has 5 nitrogen and oxygen atoms in total. The van der Waals surface area contributed by atoms with Crippen LogP contribution in [-0.2, 0) is 4.74 Å². The molecule has 0 unspecified atom stereocenters. The van der Waals surface area contributed by atoms with Crippen molar-refractivity contribution in [3.05, 3.63) is 48.0 Å². The summed E-state index contributed by atoms with van der Waals surface area (Å²) in [6.07, 6.45) is 1.66. The van der Waals surface area contributed by atoms with Crippen LogP contribution < -0.4 is 4.90 Å². The summed E-state index contributed by atoms with van der Waals surface area (Å²) >= 11 is 0. The Labute approximate surface area is 129 Å². The quantitative estimate of drug-likeness (QED) is 0.675. The van der Waals surface area contributed by atoms with Crippen LogP contribution in [0.2, 0.25) is 0 Å². The predicted molar refractivity (Wildman–Crippen MR) is 86.5 cm³/mol. The van der Waals surface area contributed by atoms with Crippen LogP contribution in [0.15, 0.2) is 47.5 Å². The molecule has 0 atom stereocenters. The zero-order valence-corrected chi connectivity index (χ0v) is 12.1. The van der Waals surface area contributed by atoms with Gasteiger partial charge in [-0.25, -0.2) is 0 Å². The first-order valence-corrected chi connectivity index (χ1v) is 7.21. The molecule has 0 bridgehead atoms. The molecular formula is C17H18N2O3. The highest BCUT2D eigenvalue weighted by molar-refractivity contribution is 5.83. The third-order valence-corrected chi connectivity index (χ3v) is 3.59. The Morgan fingerprint density at radius 1 is 0.955 bits per heavy atom. The fourth-order valence-corrected chi connectivity index (χ4v) is 2.34. The number of benzene rings is 2. The van der Waals surface area contributed by atoms with E-state index in [4.69, 9.17) is 4.74 Å². The third-order valence-electron chi connectivity index (χ3n) is 3.59. The molecule has 1 heterocycles. The summed E-state index contributed by atoms with van der Waals surface area (Å²) in [6, 6.07) is 12.6. The summed E-state index contributed by atoms with van der Waals surface area (Å²) in [6.45, 7) is 3.36. The normalized spacial score (nSPS) is 15.4. The van der Waals surface area contributed by atoms with Crippen molar-refractivity contribution in [1.29, 1.82) is 0 Å². The highest BCUT2D eigenvalue weighted by Crippen LogP contribution is 2.25. The number of aliphatic imine (C=N–C) groups is 1. The number of hydrogen-bond donors (Lipinski definition) is 2. The molecule has 22 heavy (non-hydrogen) atoms. The predicted octanol–water partition coefficient (Wildman–Crippen LogP) is 2.69. The lowest BCUT2D eigenvalue weighted by molar-refractivity contribution is 0.122. The van der Waals surface area contributed by atoms with Crippen LogP contribution in [0.25, 0.3) is 0 Å². The summed E-state index contributed by atoms with van der Waals surface area (Å²) < 4.78 is 5.35. The minimum absolute atomic E-state index is 0.132. The number of morpholine rings is 1. The Hall–Kier alpha value is -2.53. The van der Waals surface area contributed by atoms with Crippen LogP contribution in [0.1, 0.15) is 5.56 Å². The molecule has 1 fully saturated rings. The third kappa shape index (κ3) is 3.38. The van der Waals surface area contributed by atoms with Crippen molar-refractivity contribution in [2.24, 2.45) is 4.99 Å². The van der Waals surface area contributed by atoms with E-state index < -0.39 is 0 Å². The van der Waals surface area contributed by atoms with Gasteiger partial charge in [0.25, 0.3) is 0 Å². The van der Waals surface area contributed by atoms with Gasteiger partial charge in [-0.2, -0.15) is 0 Å². The Kier molecular flexibility index (Phi) is 4.25. The number of aromatic hydroxyl groups is 2. The molecule has 5 heteroatoms. The maximum atomic E-state index is 9.45. The second-order valence-electron chi connectivity index (χ2n) is 5.12. The zero-order valence-electron chi connectivity index (χ0n) is 12.1. The van der Waals surface area contributed by atoms with Gasteiger partial charge in [-0.1, -0.05) is 0 Å². The number of anilines is 1. The molecule has 0 spiro atoms. The van der Waals surface area contributed by atoms with E-state index in [0.717, 1.165) is 37.6 Å². The van der Waals surface area contributed by atoms with E-state index >= 15 is 0 Å². The first kappa shape index (κ1) is 14.4. The van der Waals surface area contributed by atoms with Crippen LogP contribution in [0, 0.1) is 0 Å². The number of rotatable bonds is 3. The first-order chi connectivity index (χ1) is 10.7. The lowest BCUT2D eigenvalue weighted by atomic mass is 10.2. The van der Waals surface area contributed by atoms with Gasteiger partial charge in [-0.15, -0.1) is 0 Å². The number of ether oxygens (including phenoxy) is 1. The van der Waals surface area contributed by atoms with Gasteiger partial charge in [0.1, 0.15) is 0 Å². The average molecular weight is 298 g/mol. The summed E-state index contributed by atoms with van der Waals surface area (Å²) in [7, 11) is 0. The highest BCUT2D eigenvalue weighted by Gasteiger charge is 2.10. The van der Waals surface area contributed by atoms with E-state index in [9.17, 15) is 10.2 Å². The van der Waals surface area contributed by atoms with Gasteiger partial charge in [0.05, 0.1) is 18.9 Å². The van der Waals surface area contributed by atoms with Crippen molar-refractivity contribution in [3.63, 3.8) is 0 Å². The summed E-state index contributed by atoms with van der Waals surface area (Å²) in [4.78, 5) is 6.66. The molecule has 2 aromatic carbocycles. The number of phenolic OH excluding ortho intramolecular Hbond substituents is 2. The summed E-state index contributed by atoms with van der Waals surface area (Å²) in [5, 5.41) is 18.7. The Morgan fingerprint density at radius 3 is 2.36 bits per heavy atom. The van der Waals surface area contributed by atoms with E-state index in [2.05, 4.69) is 9.89 Å². The maximum absolute atomic E-state index is 9.45. The molecule has 0 aliphatic carbocycles. The molecule has 0 saturated carbocycles. The van der Waals surface area contributed by atoms with E-state index in [1.807, 2.05) is 24.3 Å². The second-order valence-corrected chi connectivity index (χ2v) is 5.12. The molecule has 1 aliphatic rings. The van der Waals surface area contributed by atoms with Crippen molar-refractivity contribution in [2.75, 3.05) is 31.2 Å². The SMILES string of the molecule is Oc1ccc(C=Nc2ccc(N3CCOCC3)cc2)cc1O. The molecule has 1 aliphatic heterocycles. The van der Waals surface area contributed by atoms with Crippen molar-refractivity contribution in [3.8, 4) is 11.5 Å². The minimum atomic E-state index is -0.147. The van der Waals surface area contributed by atoms with Crippen molar-refractivity contribution in [2.45, 2.75) is 0 Å². The Morgan fingerprint density at radius 2 is 1.68 bits per heavy atom. The molecular weight excluding hydrogens is 280 g/mol. The number of phenols is 2. The van der Waals surface area contributed by atoms with Crippen LogP contribution in [0.4, 0.5) is 11.4 Å². The van der Waals surface area contributed by atoms with E-state index in [1.54, 1.807) is 12.3 Å². The molecule has 1 saturated heterocycles. The molecule has 0 aromatic heterocycles. The number of nitrogens with zero attached hydrogens (tertiary/aromatic N) is 2. The van der Waals surface area contributed by atoms with Crippen LogP contribution in [0.3, 0.4) is 0 Å². The second kappa shape index (κ2) is 6.49. The fraction of sp³-hybridized carbons (Fsp3) is 0.235. The minimum Gasteiger partial charge on any atom is -0.504 e. The molecule has 0 radical (unpaired) electrons. The van der Waals surface area contributed by atoms with Gasteiger partial charge >= 0.3 is 0 Å². The topological polar surface area (TPSA) is 65.3 Å². The lowest BCUT2D eigenvalue weighted by Crippen LogP contribution is -2.36. The molecule has 2 aromatic rings. The summed E-state index contributed by atoms with van der Waals surface area (Å²) in [5.41, 5.74) is 2.74. The molecule has 2 N–H and O–H groups in total.